The van der Waals surface area contributed by atoms with E-state index in [1.165, 1.54) is 11.3 Å². The molecular formula is C12H16NOS+. The number of Topliss-reactive ketones (excluding diaryl/α,β-unsaturated/α-hetero) is 1. The standard InChI is InChI=1S/C12H16NOS/c1-13(2)10-4-5-11-9(6-10)7-15(3)8-12(11)14/h4-6H,7-8H2,1-3H3/q+1. The molecule has 0 amide bonds. The van der Waals surface area contributed by atoms with Crippen molar-refractivity contribution in [1.29, 1.82) is 0 Å². The van der Waals surface area contributed by atoms with Gasteiger partial charge >= 0.3 is 0 Å². The van der Waals surface area contributed by atoms with Crippen molar-refractivity contribution >= 4 is 22.4 Å². The average Bonchev–Trinajstić information content (AvgIpc) is 2.16. The Bertz CT molecular complexity index is 401. The third-order valence-corrected chi connectivity index (χ3v) is 4.24. The molecule has 80 valence electrons. The van der Waals surface area contributed by atoms with Crippen molar-refractivity contribution in [3.8, 4) is 0 Å². The molecule has 0 saturated carbocycles. The van der Waals surface area contributed by atoms with Crippen molar-refractivity contribution in [3.05, 3.63) is 29.3 Å². The molecule has 0 fully saturated rings. The molecule has 1 aliphatic rings. The van der Waals surface area contributed by atoms with Crippen LogP contribution in [0.15, 0.2) is 18.2 Å². The topological polar surface area (TPSA) is 20.3 Å². The fourth-order valence-corrected chi connectivity index (χ4v) is 3.34. The molecule has 0 radical (unpaired) electrons. The second kappa shape index (κ2) is 3.89. The fraction of sp³-hybridized carbons (Fsp3) is 0.417. The number of hydrogen-bond acceptors (Lipinski definition) is 2. The zero-order chi connectivity index (χ0) is 11.0. The number of carbonyl (C=O) groups excluding carboxylic acids is 1. The van der Waals surface area contributed by atoms with E-state index in [1.54, 1.807) is 0 Å². The van der Waals surface area contributed by atoms with E-state index in [1.807, 2.05) is 26.2 Å². The SMILES string of the molecule is CN(C)c1ccc2c(c1)C[S+](C)CC2=O. The van der Waals surface area contributed by atoms with Crippen LogP contribution in [-0.4, -0.2) is 31.9 Å². The summed E-state index contributed by atoms with van der Waals surface area (Å²) in [4.78, 5) is 13.8. The monoisotopic (exact) mass is 222 g/mol. The van der Waals surface area contributed by atoms with Crippen LogP contribution in [0.1, 0.15) is 15.9 Å². The molecule has 1 unspecified atom stereocenters. The number of anilines is 1. The number of ketones is 1. The minimum atomic E-state index is 0.229. The van der Waals surface area contributed by atoms with E-state index >= 15 is 0 Å². The van der Waals surface area contributed by atoms with Crippen LogP contribution in [0.5, 0.6) is 0 Å². The molecule has 0 aromatic heterocycles. The zero-order valence-corrected chi connectivity index (χ0v) is 10.2. The van der Waals surface area contributed by atoms with Crippen LogP contribution in [0, 0.1) is 0 Å². The second-order valence-corrected chi connectivity index (χ2v) is 6.37. The number of nitrogens with zero attached hydrogens (tertiary/aromatic N) is 1. The molecule has 0 N–H and O–H groups in total. The van der Waals surface area contributed by atoms with Crippen LogP contribution < -0.4 is 4.90 Å². The van der Waals surface area contributed by atoms with E-state index in [0.29, 0.717) is 5.78 Å². The first-order valence-corrected chi connectivity index (χ1v) is 6.97. The minimum Gasteiger partial charge on any atom is -0.378 e. The minimum absolute atomic E-state index is 0.229. The third-order valence-electron chi connectivity index (χ3n) is 2.69. The molecule has 3 heteroatoms. The normalized spacial score (nSPS) is 19.9. The van der Waals surface area contributed by atoms with Crippen LogP contribution in [0.25, 0.3) is 0 Å². The Morgan fingerprint density at radius 1 is 1.27 bits per heavy atom. The van der Waals surface area contributed by atoms with E-state index in [4.69, 9.17) is 0 Å². The average molecular weight is 222 g/mol. The summed E-state index contributed by atoms with van der Waals surface area (Å²) in [6, 6.07) is 6.15. The summed E-state index contributed by atoms with van der Waals surface area (Å²) < 4.78 is 0. The molecule has 0 bridgehead atoms. The smallest absolute Gasteiger partial charge is 0.212 e. The second-order valence-electron chi connectivity index (χ2n) is 4.23. The van der Waals surface area contributed by atoms with Gasteiger partial charge in [-0.15, -0.1) is 0 Å². The highest BCUT2D eigenvalue weighted by atomic mass is 32.2. The molecule has 0 aliphatic carbocycles. The number of hydrogen-bond donors (Lipinski definition) is 0. The molecule has 1 aromatic rings. The van der Waals surface area contributed by atoms with Gasteiger partial charge in [0.25, 0.3) is 0 Å². The van der Waals surface area contributed by atoms with Crippen molar-refractivity contribution in [2.45, 2.75) is 5.75 Å². The maximum atomic E-state index is 11.8. The van der Waals surface area contributed by atoms with Gasteiger partial charge in [0.05, 0.1) is 6.26 Å². The molecule has 2 nitrogen and oxygen atoms in total. The molecule has 1 aromatic carbocycles. The molecule has 1 heterocycles. The Morgan fingerprint density at radius 3 is 2.67 bits per heavy atom. The number of benzene rings is 1. The summed E-state index contributed by atoms with van der Waals surface area (Å²) in [5, 5.41) is 0. The van der Waals surface area contributed by atoms with Crippen molar-refractivity contribution < 1.29 is 4.79 Å². The van der Waals surface area contributed by atoms with Crippen molar-refractivity contribution in [2.24, 2.45) is 0 Å². The summed E-state index contributed by atoms with van der Waals surface area (Å²) in [7, 11) is 4.28. The highest BCUT2D eigenvalue weighted by Crippen LogP contribution is 2.25. The quantitative estimate of drug-likeness (QED) is 0.674. The highest BCUT2D eigenvalue weighted by molar-refractivity contribution is 7.96. The Kier molecular flexibility index (Phi) is 2.74. The number of carbonyl (C=O) groups is 1. The van der Waals surface area contributed by atoms with Crippen LogP contribution >= 0.6 is 0 Å². The Hall–Kier alpha value is -0.960. The maximum absolute atomic E-state index is 11.8. The van der Waals surface area contributed by atoms with Gasteiger partial charge in [0, 0.05) is 30.9 Å². The molecule has 0 spiro atoms. The van der Waals surface area contributed by atoms with Gasteiger partial charge in [-0.2, -0.15) is 0 Å². The number of fused-ring (bicyclic) bond motifs is 1. The van der Waals surface area contributed by atoms with E-state index in [0.717, 1.165) is 17.1 Å². The summed E-state index contributed by atoms with van der Waals surface area (Å²) in [6.07, 6.45) is 2.17. The first-order valence-electron chi connectivity index (χ1n) is 5.00. The Balaban J connectivity index is 2.43. The summed E-state index contributed by atoms with van der Waals surface area (Å²) in [6.45, 7) is 0. The van der Waals surface area contributed by atoms with Crippen molar-refractivity contribution in [2.75, 3.05) is 31.0 Å². The lowest BCUT2D eigenvalue weighted by Crippen LogP contribution is -2.25. The first kappa shape index (κ1) is 10.6. The molecule has 2 rings (SSSR count). The summed E-state index contributed by atoms with van der Waals surface area (Å²) in [5.74, 6) is 2.10. The van der Waals surface area contributed by atoms with Crippen LogP contribution in [-0.2, 0) is 16.6 Å². The van der Waals surface area contributed by atoms with Gasteiger partial charge in [0.15, 0.2) is 5.75 Å². The van der Waals surface area contributed by atoms with E-state index in [2.05, 4.69) is 17.2 Å². The molecule has 15 heavy (non-hydrogen) atoms. The fourth-order valence-electron chi connectivity index (χ4n) is 1.87. The van der Waals surface area contributed by atoms with Gasteiger partial charge in [0.1, 0.15) is 5.75 Å². The highest BCUT2D eigenvalue weighted by Gasteiger charge is 2.28. The van der Waals surface area contributed by atoms with Gasteiger partial charge in [-0.25, -0.2) is 0 Å². The van der Waals surface area contributed by atoms with Gasteiger partial charge < -0.3 is 4.90 Å². The largest absolute Gasteiger partial charge is 0.378 e. The van der Waals surface area contributed by atoms with E-state index < -0.39 is 0 Å². The summed E-state index contributed by atoms with van der Waals surface area (Å²) >= 11 is 0. The van der Waals surface area contributed by atoms with Gasteiger partial charge in [0.2, 0.25) is 5.78 Å². The maximum Gasteiger partial charge on any atom is 0.212 e. The Morgan fingerprint density at radius 2 is 2.00 bits per heavy atom. The zero-order valence-electron chi connectivity index (χ0n) is 9.41. The predicted molar refractivity (Wildman–Crippen MR) is 67.0 cm³/mol. The van der Waals surface area contributed by atoms with Crippen molar-refractivity contribution in [1.82, 2.24) is 0 Å². The van der Waals surface area contributed by atoms with Crippen LogP contribution in [0.4, 0.5) is 5.69 Å². The van der Waals surface area contributed by atoms with Gasteiger partial charge in [-0.3, -0.25) is 4.79 Å². The molecule has 0 saturated heterocycles. The van der Waals surface area contributed by atoms with Crippen LogP contribution in [0.3, 0.4) is 0 Å². The molecule has 1 atom stereocenters. The lowest BCUT2D eigenvalue weighted by Gasteiger charge is -2.18. The summed E-state index contributed by atoms with van der Waals surface area (Å²) in [5.41, 5.74) is 3.34. The Labute approximate surface area is 93.6 Å². The van der Waals surface area contributed by atoms with E-state index in [-0.39, 0.29) is 10.9 Å². The van der Waals surface area contributed by atoms with E-state index in [9.17, 15) is 4.79 Å². The number of rotatable bonds is 1. The predicted octanol–water partition coefficient (Wildman–Crippen LogP) is 1.70. The molecular weight excluding hydrogens is 206 g/mol. The van der Waals surface area contributed by atoms with Crippen LogP contribution in [0.2, 0.25) is 0 Å². The third kappa shape index (κ3) is 2.02. The lowest BCUT2D eigenvalue weighted by atomic mass is 10.0. The lowest BCUT2D eigenvalue weighted by molar-refractivity contribution is 0.102. The van der Waals surface area contributed by atoms with Crippen molar-refractivity contribution in [3.63, 3.8) is 0 Å². The van der Waals surface area contributed by atoms with Gasteiger partial charge in [-0.1, -0.05) is 0 Å². The molecule has 1 aliphatic heterocycles. The van der Waals surface area contributed by atoms with Gasteiger partial charge in [-0.05, 0) is 29.1 Å². The first-order chi connectivity index (χ1) is 7.08.